The second kappa shape index (κ2) is 4.42. The van der Waals surface area contributed by atoms with Crippen LogP contribution in [0.3, 0.4) is 0 Å². The first-order valence-electron chi connectivity index (χ1n) is 6.64. The third kappa shape index (κ3) is 2.36. The summed E-state index contributed by atoms with van der Waals surface area (Å²) >= 11 is 0. The molecular weight excluding hydrogens is 184 g/mol. The Kier molecular flexibility index (Phi) is 3.36. The summed E-state index contributed by atoms with van der Waals surface area (Å²) in [6, 6.07) is 1.56. The van der Waals surface area contributed by atoms with Crippen LogP contribution in [-0.2, 0) is 0 Å². The summed E-state index contributed by atoms with van der Waals surface area (Å²) in [7, 11) is 0. The fourth-order valence-corrected chi connectivity index (χ4v) is 2.98. The number of likely N-dealkylation sites (N-methyl/N-ethyl adjacent to an activating group) is 1. The summed E-state index contributed by atoms with van der Waals surface area (Å²) in [5, 5.41) is 3.53. The Hall–Kier alpha value is -0.0800. The van der Waals surface area contributed by atoms with Crippen molar-refractivity contribution in [3.05, 3.63) is 0 Å². The van der Waals surface area contributed by atoms with Crippen molar-refractivity contribution >= 4 is 0 Å². The van der Waals surface area contributed by atoms with Gasteiger partial charge in [0.25, 0.3) is 0 Å². The lowest BCUT2D eigenvalue weighted by Gasteiger charge is -2.40. The molecule has 1 aliphatic heterocycles. The molecule has 2 fully saturated rings. The Bertz CT molecular complexity index is 205. The monoisotopic (exact) mass is 210 g/mol. The van der Waals surface area contributed by atoms with Crippen molar-refractivity contribution < 1.29 is 0 Å². The lowest BCUT2D eigenvalue weighted by molar-refractivity contribution is 0.0882. The molecule has 2 aliphatic rings. The number of nitrogens with zero attached hydrogens (tertiary/aromatic N) is 1. The molecule has 2 unspecified atom stereocenters. The molecule has 2 rings (SSSR count). The van der Waals surface area contributed by atoms with Gasteiger partial charge in [0.15, 0.2) is 0 Å². The second-order valence-corrected chi connectivity index (χ2v) is 5.66. The molecule has 0 aromatic rings. The van der Waals surface area contributed by atoms with Crippen molar-refractivity contribution in [1.29, 1.82) is 0 Å². The van der Waals surface area contributed by atoms with Crippen molar-refractivity contribution in [2.75, 3.05) is 19.6 Å². The minimum absolute atomic E-state index is 0.632. The van der Waals surface area contributed by atoms with Crippen LogP contribution in [0.1, 0.15) is 46.5 Å². The van der Waals surface area contributed by atoms with Gasteiger partial charge in [-0.3, -0.25) is 4.90 Å². The van der Waals surface area contributed by atoms with E-state index in [4.69, 9.17) is 0 Å². The fourth-order valence-electron chi connectivity index (χ4n) is 2.98. The van der Waals surface area contributed by atoms with Crippen molar-refractivity contribution in [1.82, 2.24) is 10.2 Å². The Morgan fingerprint density at radius 3 is 2.67 bits per heavy atom. The zero-order chi connectivity index (χ0) is 10.9. The van der Waals surface area contributed by atoms with E-state index < -0.39 is 0 Å². The van der Waals surface area contributed by atoms with E-state index in [0.717, 1.165) is 12.1 Å². The normalized spacial score (nSPS) is 31.6. The topological polar surface area (TPSA) is 15.3 Å². The number of rotatable bonds is 4. The van der Waals surface area contributed by atoms with Gasteiger partial charge in [-0.1, -0.05) is 13.8 Å². The molecule has 0 aromatic heterocycles. The van der Waals surface area contributed by atoms with Crippen molar-refractivity contribution in [2.24, 2.45) is 5.41 Å². The van der Waals surface area contributed by atoms with Crippen LogP contribution >= 0.6 is 0 Å². The number of nitrogens with one attached hydrogen (secondary N) is 1. The molecule has 2 atom stereocenters. The smallest absolute Gasteiger partial charge is 0.0224 e. The molecule has 0 bridgehead atoms. The molecule has 15 heavy (non-hydrogen) atoms. The van der Waals surface area contributed by atoms with E-state index >= 15 is 0 Å². The Morgan fingerprint density at radius 1 is 1.47 bits per heavy atom. The highest BCUT2D eigenvalue weighted by molar-refractivity contribution is 4.99. The van der Waals surface area contributed by atoms with E-state index in [-0.39, 0.29) is 0 Å². The fraction of sp³-hybridized carbons (Fsp3) is 1.00. The first kappa shape index (κ1) is 11.4. The highest BCUT2D eigenvalue weighted by Gasteiger charge is 2.45. The zero-order valence-electron chi connectivity index (χ0n) is 10.6. The van der Waals surface area contributed by atoms with Gasteiger partial charge in [0, 0.05) is 18.6 Å². The minimum Gasteiger partial charge on any atom is -0.315 e. The molecule has 0 aromatic carbocycles. The predicted molar refractivity (Wildman–Crippen MR) is 65.1 cm³/mol. The molecule has 2 heteroatoms. The summed E-state index contributed by atoms with van der Waals surface area (Å²) in [6.07, 6.45) is 5.61. The molecule has 1 saturated carbocycles. The number of hydrogen-bond acceptors (Lipinski definition) is 2. The third-order valence-electron chi connectivity index (χ3n) is 4.65. The van der Waals surface area contributed by atoms with Gasteiger partial charge in [0.1, 0.15) is 0 Å². The SMILES string of the molecule is CCN(C1CCCNC1)C(C)C1(C)CC1. The molecule has 0 spiro atoms. The quantitative estimate of drug-likeness (QED) is 0.765. The van der Waals surface area contributed by atoms with Crippen LogP contribution in [0, 0.1) is 5.41 Å². The summed E-state index contributed by atoms with van der Waals surface area (Å²) in [5.41, 5.74) is 0.632. The number of piperidine rings is 1. The highest BCUT2D eigenvalue weighted by atomic mass is 15.2. The molecule has 88 valence electrons. The van der Waals surface area contributed by atoms with Gasteiger partial charge in [-0.15, -0.1) is 0 Å². The maximum Gasteiger partial charge on any atom is 0.0224 e. The summed E-state index contributed by atoms with van der Waals surface area (Å²) in [5.74, 6) is 0. The zero-order valence-corrected chi connectivity index (χ0v) is 10.6. The van der Waals surface area contributed by atoms with Crippen molar-refractivity contribution in [3.8, 4) is 0 Å². The van der Waals surface area contributed by atoms with E-state index in [0.29, 0.717) is 5.41 Å². The Labute approximate surface area is 94.4 Å². The first-order chi connectivity index (χ1) is 7.17. The molecule has 1 heterocycles. The van der Waals surface area contributed by atoms with Gasteiger partial charge in [-0.25, -0.2) is 0 Å². The summed E-state index contributed by atoms with van der Waals surface area (Å²) in [4.78, 5) is 2.74. The lowest BCUT2D eigenvalue weighted by Crippen LogP contribution is -2.51. The van der Waals surface area contributed by atoms with Gasteiger partial charge >= 0.3 is 0 Å². The molecule has 1 saturated heterocycles. The maximum absolute atomic E-state index is 3.53. The van der Waals surface area contributed by atoms with Gasteiger partial charge in [-0.05, 0) is 51.1 Å². The summed E-state index contributed by atoms with van der Waals surface area (Å²) < 4.78 is 0. The van der Waals surface area contributed by atoms with Gasteiger partial charge < -0.3 is 5.32 Å². The average Bonchev–Trinajstić information content (AvgIpc) is 3.00. The third-order valence-corrected chi connectivity index (χ3v) is 4.65. The van der Waals surface area contributed by atoms with Crippen LogP contribution in [0.25, 0.3) is 0 Å². The number of hydrogen-bond donors (Lipinski definition) is 1. The Balaban J connectivity index is 1.95. The van der Waals surface area contributed by atoms with E-state index in [9.17, 15) is 0 Å². The first-order valence-corrected chi connectivity index (χ1v) is 6.64. The van der Waals surface area contributed by atoms with E-state index in [1.165, 1.54) is 45.3 Å². The van der Waals surface area contributed by atoms with Crippen LogP contribution in [0.4, 0.5) is 0 Å². The Morgan fingerprint density at radius 2 is 2.20 bits per heavy atom. The van der Waals surface area contributed by atoms with E-state index in [1.807, 2.05) is 0 Å². The van der Waals surface area contributed by atoms with E-state index in [1.54, 1.807) is 0 Å². The summed E-state index contributed by atoms with van der Waals surface area (Å²) in [6.45, 7) is 10.8. The lowest BCUT2D eigenvalue weighted by atomic mass is 9.95. The van der Waals surface area contributed by atoms with Crippen molar-refractivity contribution in [2.45, 2.75) is 58.5 Å². The van der Waals surface area contributed by atoms with Gasteiger partial charge in [0.05, 0.1) is 0 Å². The maximum atomic E-state index is 3.53. The molecule has 1 aliphatic carbocycles. The highest BCUT2D eigenvalue weighted by Crippen LogP contribution is 2.50. The molecule has 0 radical (unpaired) electrons. The standard InChI is InChI=1S/C13H26N2/c1-4-15(11(2)13(3)7-8-13)12-6-5-9-14-10-12/h11-12,14H,4-10H2,1-3H3. The average molecular weight is 210 g/mol. The van der Waals surface area contributed by atoms with Crippen LogP contribution in [-0.4, -0.2) is 36.6 Å². The van der Waals surface area contributed by atoms with Crippen LogP contribution in [0.15, 0.2) is 0 Å². The van der Waals surface area contributed by atoms with E-state index in [2.05, 4.69) is 31.0 Å². The second-order valence-electron chi connectivity index (χ2n) is 5.66. The van der Waals surface area contributed by atoms with Gasteiger partial charge in [-0.2, -0.15) is 0 Å². The largest absolute Gasteiger partial charge is 0.315 e. The predicted octanol–water partition coefficient (Wildman–Crippen LogP) is 2.25. The molecule has 1 N–H and O–H groups in total. The minimum atomic E-state index is 0.632. The van der Waals surface area contributed by atoms with Crippen LogP contribution in [0.2, 0.25) is 0 Å². The molecule has 0 amide bonds. The molecular formula is C13H26N2. The van der Waals surface area contributed by atoms with Crippen LogP contribution in [0.5, 0.6) is 0 Å². The molecule has 2 nitrogen and oxygen atoms in total. The van der Waals surface area contributed by atoms with Crippen molar-refractivity contribution in [3.63, 3.8) is 0 Å². The van der Waals surface area contributed by atoms with Crippen LogP contribution < -0.4 is 5.32 Å². The van der Waals surface area contributed by atoms with Gasteiger partial charge in [0.2, 0.25) is 0 Å².